The molecule has 1 saturated heterocycles. The van der Waals surface area contributed by atoms with Crippen LogP contribution in [-0.4, -0.2) is 37.1 Å². The maximum absolute atomic E-state index is 13.9. The third-order valence-electron chi connectivity index (χ3n) is 4.66. The SMILES string of the molecule is Cc1cccc(NC(=O)N2CCN(c3ccc(F)cc3F)CC2)c1C. The Bertz CT molecular complexity index is 786. The molecule has 1 fully saturated rings. The summed E-state index contributed by atoms with van der Waals surface area (Å²) in [5.74, 6) is -1.17. The van der Waals surface area contributed by atoms with E-state index in [0.29, 0.717) is 31.9 Å². The zero-order valence-corrected chi connectivity index (χ0v) is 14.4. The summed E-state index contributed by atoms with van der Waals surface area (Å²) < 4.78 is 26.9. The molecule has 0 radical (unpaired) electrons. The topological polar surface area (TPSA) is 35.6 Å². The molecule has 2 amide bonds. The second-order valence-corrected chi connectivity index (χ2v) is 6.25. The molecule has 2 aromatic rings. The Morgan fingerprint density at radius 3 is 2.44 bits per heavy atom. The highest BCUT2D eigenvalue weighted by Gasteiger charge is 2.23. The van der Waals surface area contributed by atoms with Gasteiger partial charge in [0.25, 0.3) is 0 Å². The van der Waals surface area contributed by atoms with E-state index in [9.17, 15) is 13.6 Å². The van der Waals surface area contributed by atoms with Gasteiger partial charge in [-0.25, -0.2) is 13.6 Å². The average Bonchev–Trinajstić information content (AvgIpc) is 2.59. The van der Waals surface area contributed by atoms with Gasteiger partial charge in [0.1, 0.15) is 11.6 Å². The first-order chi connectivity index (χ1) is 12.0. The fraction of sp³-hybridized carbons (Fsp3) is 0.316. The number of nitrogens with one attached hydrogen (secondary N) is 1. The lowest BCUT2D eigenvalue weighted by atomic mass is 10.1. The number of urea groups is 1. The first-order valence-electron chi connectivity index (χ1n) is 8.28. The number of amides is 2. The van der Waals surface area contributed by atoms with Gasteiger partial charge in [-0.15, -0.1) is 0 Å². The summed E-state index contributed by atoms with van der Waals surface area (Å²) in [6.07, 6.45) is 0. The number of nitrogens with zero attached hydrogens (tertiary/aromatic N) is 2. The van der Waals surface area contributed by atoms with Crippen molar-refractivity contribution in [1.82, 2.24) is 4.90 Å². The molecule has 25 heavy (non-hydrogen) atoms. The first kappa shape index (κ1) is 17.2. The molecule has 4 nitrogen and oxygen atoms in total. The smallest absolute Gasteiger partial charge is 0.321 e. The van der Waals surface area contributed by atoms with E-state index in [1.807, 2.05) is 36.9 Å². The minimum Gasteiger partial charge on any atom is -0.366 e. The van der Waals surface area contributed by atoms with Crippen LogP contribution in [0.25, 0.3) is 0 Å². The molecule has 1 aliphatic heterocycles. The third-order valence-corrected chi connectivity index (χ3v) is 4.66. The van der Waals surface area contributed by atoms with Crippen LogP contribution in [-0.2, 0) is 0 Å². The van der Waals surface area contributed by atoms with E-state index in [2.05, 4.69) is 5.32 Å². The molecule has 0 spiro atoms. The first-order valence-corrected chi connectivity index (χ1v) is 8.28. The van der Waals surface area contributed by atoms with Crippen LogP contribution >= 0.6 is 0 Å². The van der Waals surface area contributed by atoms with E-state index in [1.165, 1.54) is 12.1 Å². The largest absolute Gasteiger partial charge is 0.366 e. The van der Waals surface area contributed by atoms with E-state index in [-0.39, 0.29) is 6.03 Å². The summed E-state index contributed by atoms with van der Waals surface area (Å²) in [6.45, 7) is 5.94. The third kappa shape index (κ3) is 3.73. The molecule has 0 atom stereocenters. The van der Waals surface area contributed by atoms with Gasteiger partial charge < -0.3 is 15.1 Å². The van der Waals surface area contributed by atoms with Crippen molar-refractivity contribution in [3.63, 3.8) is 0 Å². The summed E-state index contributed by atoms with van der Waals surface area (Å²) >= 11 is 0. The lowest BCUT2D eigenvalue weighted by Crippen LogP contribution is -2.50. The van der Waals surface area contributed by atoms with Crippen molar-refractivity contribution in [2.75, 3.05) is 36.4 Å². The van der Waals surface area contributed by atoms with Gasteiger partial charge in [0.15, 0.2) is 0 Å². The van der Waals surface area contributed by atoms with Crippen molar-refractivity contribution >= 4 is 17.4 Å². The van der Waals surface area contributed by atoms with Gasteiger partial charge in [-0.2, -0.15) is 0 Å². The Kier molecular flexibility index (Phi) is 4.88. The maximum atomic E-state index is 13.9. The van der Waals surface area contributed by atoms with Crippen molar-refractivity contribution in [2.45, 2.75) is 13.8 Å². The Morgan fingerprint density at radius 1 is 1.04 bits per heavy atom. The second-order valence-electron chi connectivity index (χ2n) is 6.25. The van der Waals surface area contributed by atoms with Crippen LogP contribution in [0, 0.1) is 25.5 Å². The van der Waals surface area contributed by atoms with Gasteiger partial charge in [-0.05, 0) is 43.2 Å². The standard InChI is InChI=1S/C19H21F2N3O/c1-13-4-3-5-17(14(13)2)22-19(25)24-10-8-23(9-11-24)18-7-6-15(20)12-16(18)21/h3-7,12H,8-11H2,1-2H3,(H,22,25). The van der Waals surface area contributed by atoms with E-state index in [1.54, 1.807) is 4.90 Å². The summed E-state index contributed by atoms with van der Waals surface area (Å²) in [4.78, 5) is 16.0. The molecule has 1 heterocycles. The molecule has 1 N–H and O–H groups in total. The van der Waals surface area contributed by atoms with E-state index >= 15 is 0 Å². The van der Waals surface area contributed by atoms with Gasteiger partial charge >= 0.3 is 6.03 Å². The predicted octanol–water partition coefficient (Wildman–Crippen LogP) is 3.94. The van der Waals surface area contributed by atoms with Crippen LogP contribution in [0.3, 0.4) is 0 Å². The number of carbonyl (C=O) groups excluding carboxylic acids is 1. The molecule has 0 aliphatic carbocycles. The lowest BCUT2D eigenvalue weighted by Gasteiger charge is -2.36. The number of anilines is 2. The van der Waals surface area contributed by atoms with Crippen LogP contribution in [0.1, 0.15) is 11.1 Å². The minimum absolute atomic E-state index is 0.159. The predicted molar refractivity (Wildman–Crippen MR) is 95.1 cm³/mol. The molecule has 0 aromatic heterocycles. The molecular weight excluding hydrogens is 324 g/mol. The van der Waals surface area contributed by atoms with Crippen molar-refractivity contribution in [2.24, 2.45) is 0 Å². The van der Waals surface area contributed by atoms with Gasteiger partial charge in [-0.3, -0.25) is 0 Å². The fourth-order valence-electron chi connectivity index (χ4n) is 2.97. The monoisotopic (exact) mass is 345 g/mol. The molecule has 0 bridgehead atoms. The number of rotatable bonds is 2. The molecule has 6 heteroatoms. The number of piperazine rings is 1. The normalized spacial score (nSPS) is 14.6. The molecule has 0 unspecified atom stereocenters. The van der Waals surface area contributed by atoms with E-state index in [4.69, 9.17) is 0 Å². The highest BCUT2D eigenvalue weighted by atomic mass is 19.1. The van der Waals surface area contributed by atoms with Crippen LogP contribution < -0.4 is 10.2 Å². The Hall–Kier alpha value is -2.63. The molecule has 1 aliphatic rings. The van der Waals surface area contributed by atoms with Crippen LogP contribution in [0.15, 0.2) is 36.4 Å². The van der Waals surface area contributed by atoms with Gasteiger partial charge in [0, 0.05) is 37.9 Å². The Labute approximate surface area is 146 Å². The van der Waals surface area contributed by atoms with Crippen molar-refractivity contribution in [1.29, 1.82) is 0 Å². The maximum Gasteiger partial charge on any atom is 0.321 e. The average molecular weight is 345 g/mol. The summed E-state index contributed by atoms with van der Waals surface area (Å²) in [7, 11) is 0. The zero-order valence-electron chi connectivity index (χ0n) is 14.4. The van der Waals surface area contributed by atoms with Crippen molar-refractivity contribution in [3.8, 4) is 0 Å². The Balaban J connectivity index is 1.62. The summed E-state index contributed by atoms with van der Waals surface area (Å²) in [5.41, 5.74) is 3.34. The lowest BCUT2D eigenvalue weighted by molar-refractivity contribution is 0.208. The quantitative estimate of drug-likeness (QED) is 0.895. The number of carbonyl (C=O) groups is 1. The van der Waals surface area contributed by atoms with Gasteiger partial charge in [-0.1, -0.05) is 12.1 Å². The van der Waals surface area contributed by atoms with Gasteiger partial charge in [0.05, 0.1) is 5.69 Å². The van der Waals surface area contributed by atoms with Crippen molar-refractivity contribution in [3.05, 3.63) is 59.2 Å². The van der Waals surface area contributed by atoms with E-state index in [0.717, 1.165) is 22.9 Å². The number of hydrogen-bond donors (Lipinski definition) is 1. The zero-order chi connectivity index (χ0) is 18.0. The summed E-state index contributed by atoms with van der Waals surface area (Å²) in [6, 6.07) is 9.20. The molecule has 2 aromatic carbocycles. The number of hydrogen-bond acceptors (Lipinski definition) is 2. The number of benzene rings is 2. The number of aryl methyl sites for hydroxylation is 1. The molecule has 3 rings (SSSR count). The highest BCUT2D eigenvalue weighted by molar-refractivity contribution is 5.90. The number of halogens is 2. The van der Waals surface area contributed by atoms with Crippen LogP contribution in [0.4, 0.5) is 25.0 Å². The Morgan fingerprint density at radius 2 is 1.76 bits per heavy atom. The van der Waals surface area contributed by atoms with Crippen LogP contribution in [0.2, 0.25) is 0 Å². The van der Waals surface area contributed by atoms with Gasteiger partial charge in [0.2, 0.25) is 0 Å². The summed E-state index contributed by atoms with van der Waals surface area (Å²) in [5, 5.41) is 2.94. The van der Waals surface area contributed by atoms with E-state index < -0.39 is 11.6 Å². The van der Waals surface area contributed by atoms with Crippen molar-refractivity contribution < 1.29 is 13.6 Å². The fourth-order valence-corrected chi connectivity index (χ4v) is 2.97. The minimum atomic E-state index is -0.590. The second kappa shape index (κ2) is 7.09. The molecule has 132 valence electrons. The molecular formula is C19H21F2N3O. The molecule has 0 saturated carbocycles. The van der Waals surface area contributed by atoms with Crippen LogP contribution in [0.5, 0.6) is 0 Å². The highest BCUT2D eigenvalue weighted by Crippen LogP contribution is 2.22.